The van der Waals surface area contributed by atoms with Gasteiger partial charge in [0.1, 0.15) is 24.7 Å². The summed E-state index contributed by atoms with van der Waals surface area (Å²) in [6.45, 7) is 0.648. The van der Waals surface area contributed by atoms with Gasteiger partial charge in [-0.1, -0.05) is 48.5 Å². The van der Waals surface area contributed by atoms with E-state index >= 15 is 0 Å². The lowest BCUT2D eigenvalue weighted by Gasteiger charge is -2.25. The number of nitrogens with zero attached hydrogens (tertiary/aromatic N) is 2. The summed E-state index contributed by atoms with van der Waals surface area (Å²) in [6, 6.07) is 16.9. The molecular formula is C28H26N4O6. The lowest BCUT2D eigenvalue weighted by molar-refractivity contribution is -0.126. The van der Waals surface area contributed by atoms with Crippen molar-refractivity contribution in [3.8, 4) is 0 Å². The molecular weight excluding hydrogens is 488 g/mol. The van der Waals surface area contributed by atoms with Crippen LogP contribution in [0.4, 0.5) is 11.4 Å². The third-order valence-corrected chi connectivity index (χ3v) is 6.21. The lowest BCUT2D eigenvalue weighted by Crippen LogP contribution is -2.54. The van der Waals surface area contributed by atoms with Crippen molar-refractivity contribution in [1.29, 1.82) is 0 Å². The topological polar surface area (TPSA) is 133 Å². The second-order valence-corrected chi connectivity index (χ2v) is 8.94. The summed E-state index contributed by atoms with van der Waals surface area (Å²) in [5.74, 6) is -2.08. The van der Waals surface area contributed by atoms with Gasteiger partial charge in [-0.15, -0.1) is 0 Å². The van der Waals surface area contributed by atoms with Crippen molar-refractivity contribution < 1.29 is 28.8 Å². The maximum Gasteiger partial charge on any atom is 0.252 e. The van der Waals surface area contributed by atoms with Crippen LogP contribution in [0.1, 0.15) is 23.7 Å². The summed E-state index contributed by atoms with van der Waals surface area (Å²) in [5, 5.41) is 6.74. The number of aldehydes is 1. The molecule has 3 aromatic rings. The van der Waals surface area contributed by atoms with Gasteiger partial charge in [-0.3, -0.25) is 28.9 Å². The van der Waals surface area contributed by atoms with E-state index in [1.54, 1.807) is 48.5 Å². The van der Waals surface area contributed by atoms with Crippen molar-refractivity contribution in [2.24, 2.45) is 0 Å². The van der Waals surface area contributed by atoms with Gasteiger partial charge in [0.15, 0.2) is 0 Å². The molecule has 0 aliphatic carbocycles. The number of rotatable bonds is 9. The van der Waals surface area contributed by atoms with Gasteiger partial charge in [0.25, 0.3) is 11.8 Å². The molecule has 10 nitrogen and oxygen atoms in total. The first kappa shape index (κ1) is 26.2. The van der Waals surface area contributed by atoms with Gasteiger partial charge < -0.3 is 20.3 Å². The van der Waals surface area contributed by atoms with Crippen LogP contribution in [-0.4, -0.2) is 61.4 Å². The first-order valence-corrected chi connectivity index (χ1v) is 12.0. The molecule has 0 saturated heterocycles. The number of benzene rings is 3. The minimum atomic E-state index is -1.18. The molecule has 10 heteroatoms. The number of Topliss-reactive ketones (excluding diaryl/α,β-unsaturated/α-hetero) is 1. The summed E-state index contributed by atoms with van der Waals surface area (Å²) in [6.07, 6.45) is 0.837. The van der Waals surface area contributed by atoms with Gasteiger partial charge in [0, 0.05) is 12.0 Å². The second-order valence-electron chi connectivity index (χ2n) is 8.94. The summed E-state index contributed by atoms with van der Waals surface area (Å²) in [7, 11) is 0. The largest absolute Gasteiger partial charge is 0.345 e. The van der Waals surface area contributed by atoms with E-state index in [2.05, 4.69) is 10.6 Å². The minimum absolute atomic E-state index is 0.157. The number of hydrogen-bond donors (Lipinski definition) is 2. The molecule has 0 radical (unpaired) electrons. The average molecular weight is 515 g/mol. The number of ketones is 1. The van der Waals surface area contributed by atoms with Gasteiger partial charge in [-0.05, 0) is 35.9 Å². The first-order valence-electron chi connectivity index (χ1n) is 12.0. The molecule has 0 spiro atoms. The van der Waals surface area contributed by atoms with Gasteiger partial charge in [-0.2, -0.15) is 0 Å². The maximum atomic E-state index is 13.7. The highest BCUT2D eigenvalue weighted by Crippen LogP contribution is 2.32. The standard InChI is InChI=1S/C28H26N4O6/c1-18(35)13-20(16-33)29-26(36)15-32-25-12-5-4-11-24(25)31(17-34)14-23(28(32)38)30-27(37)22-10-6-8-19-7-2-3-9-21(19)22/h2-12,16-17,20,23H,13-15H2,1H3,(H,29,36)(H,30,37)/t20-,23-/m0/s1. The summed E-state index contributed by atoms with van der Waals surface area (Å²) in [5.41, 5.74) is 1.02. The smallest absolute Gasteiger partial charge is 0.252 e. The van der Waals surface area contributed by atoms with Crippen LogP contribution in [0.15, 0.2) is 66.7 Å². The van der Waals surface area contributed by atoms with Crippen LogP contribution >= 0.6 is 0 Å². The molecule has 2 N–H and O–H groups in total. The monoisotopic (exact) mass is 514 g/mol. The van der Waals surface area contributed by atoms with Crippen molar-refractivity contribution >= 4 is 58.3 Å². The van der Waals surface area contributed by atoms with E-state index < -0.39 is 36.3 Å². The Hall–Kier alpha value is -4.86. The second kappa shape index (κ2) is 11.5. The van der Waals surface area contributed by atoms with Crippen LogP contribution in [0, 0.1) is 0 Å². The quantitative estimate of drug-likeness (QED) is 0.417. The van der Waals surface area contributed by atoms with E-state index in [1.165, 1.54) is 11.8 Å². The first-order chi connectivity index (χ1) is 18.3. The molecule has 0 unspecified atom stereocenters. The van der Waals surface area contributed by atoms with Crippen LogP contribution in [0.5, 0.6) is 0 Å². The molecule has 1 heterocycles. The zero-order valence-corrected chi connectivity index (χ0v) is 20.6. The predicted octanol–water partition coefficient (Wildman–Crippen LogP) is 1.61. The highest BCUT2D eigenvalue weighted by Gasteiger charge is 2.36. The molecule has 3 aromatic carbocycles. The van der Waals surface area contributed by atoms with Crippen molar-refractivity contribution in [2.45, 2.75) is 25.4 Å². The molecule has 0 bridgehead atoms. The Balaban J connectivity index is 1.64. The Labute approximate surface area is 218 Å². The van der Waals surface area contributed by atoms with Gasteiger partial charge >= 0.3 is 0 Å². The Bertz CT molecular complexity index is 1420. The number of fused-ring (bicyclic) bond motifs is 2. The molecule has 0 saturated carbocycles. The molecule has 1 aliphatic rings. The third kappa shape index (κ3) is 5.59. The molecule has 4 amide bonds. The molecule has 0 aromatic heterocycles. The molecule has 1 aliphatic heterocycles. The average Bonchev–Trinajstić information content (AvgIpc) is 3.02. The van der Waals surface area contributed by atoms with Crippen LogP contribution in [0.2, 0.25) is 0 Å². The molecule has 2 atom stereocenters. The Morgan fingerprint density at radius 1 is 0.974 bits per heavy atom. The highest BCUT2D eigenvalue weighted by atomic mass is 16.2. The number of para-hydroxylation sites is 2. The van der Waals surface area contributed by atoms with E-state index in [9.17, 15) is 28.8 Å². The fourth-order valence-corrected chi connectivity index (χ4v) is 4.48. The van der Waals surface area contributed by atoms with Crippen LogP contribution in [0.25, 0.3) is 10.8 Å². The van der Waals surface area contributed by atoms with Crippen molar-refractivity contribution in [3.63, 3.8) is 0 Å². The Kier molecular flexibility index (Phi) is 7.91. The van der Waals surface area contributed by atoms with E-state index in [0.717, 1.165) is 10.3 Å². The lowest BCUT2D eigenvalue weighted by atomic mass is 10.0. The van der Waals surface area contributed by atoms with Crippen molar-refractivity contribution in [1.82, 2.24) is 10.6 Å². The molecule has 194 valence electrons. The van der Waals surface area contributed by atoms with Gasteiger partial charge in [-0.25, -0.2) is 0 Å². The fourth-order valence-electron chi connectivity index (χ4n) is 4.48. The SMILES string of the molecule is CC(=O)C[C@@H](C=O)NC(=O)CN1C(=O)[C@@H](NC(=O)c2cccc3ccccc23)CN(C=O)c2ccccc21. The summed E-state index contributed by atoms with van der Waals surface area (Å²) >= 11 is 0. The molecule has 4 rings (SSSR count). The van der Waals surface area contributed by atoms with Crippen LogP contribution < -0.4 is 20.4 Å². The molecule has 38 heavy (non-hydrogen) atoms. The van der Waals surface area contributed by atoms with Gasteiger partial charge in [0.05, 0.1) is 24.0 Å². The predicted molar refractivity (Wildman–Crippen MR) is 141 cm³/mol. The summed E-state index contributed by atoms with van der Waals surface area (Å²) in [4.78, 5) is 77.1. The van der Waals surface area contributed by atoms with E-state index in [4.69, 9.17) is 0 Å². The third-order valence-electron chi connectivity index (χ3n) is 6.21. The van der Waals surface area contributed by atoms with Crippen LogP contribution in [0.3, 0.4) is 0 Å². The number of anilines is 2. The highest BCUT2D eigenvalue weighted by molar-refractivity contribution is 6.12. The number of nitrogens with one attached hydrogen (secondary N) is 2. The number of hydrogen-bond acceptors (Lipinski definition) is 6. The number of carbonyl (C=O) groups excluding carboxylic acids is 6. The van der Waals surface area contributed by atoms with Gasteiger partial charge in [0.2, 0.25) is 12.3 Å². The van der Waals surface area contributed by atoms with Crippen LogP contribution in [-0.2, 0) is 24.0 Å². The van der Waals surface area contributed by atoms with E-state index in [-0.39, 0.29) is 24.4 Å². The van der Waals surface area contributed by atoms with Crippen molar-refractivity contribution in [3.05, 3.63) is 72.3 Å². The minimum Gasteiger partial charge on any atom is -0.345 e. The Morgan fingerprint density at radius 2 is 1.66 bits per heavy atom. The number of amides is 4. The van der Waals surface area contributed by atoms with Crippen molar-refractivity contribution in [2.75, 3.05) is 22.9 Å². The normalized spacial score (nSPS) is 15.7. The fraction of sp³-hybridized carbons (Fsp3) is 0.214. The Morgan fingerprint density at radius 3 is 2.37 bits per heavy atom. The summed E-state index contributed by atoms with van der Waals surface area (Å²) < 4.78 is 0. The molecule has 0 fully saturated rings. The van der Waals surface area contributed by atoms with E-state index in [1.807, 2.05) is 18.2 Å². The zero-order chi connectivity index (χ0) is 27.2. The zero-order valence-electron chi connectivity index (χ0n) is 20.6. The maximum absolute atomic E-state index is 13.7. The van der Waals surface area contributed by atoms with E-state index in [0.29, 0.717) is 29.3 Å². The number of carbonyl (C=O) groups is 6.